The van der Waals surface area contributed by atoms with E-state index < -0.39 is 10.0 Å². The Morgan fingerprint density at radius 1 is 1.44 bits per heavy atom. The van der Waals surface area contributed by atoms with Gasteiger partial charge in [0.05, 0.1) is 11.8 Å². The van der Waals surface area contributed by atoms with Crippen molar-refractivity contribution in [2.75, 3.05) is 18.9 Å². The van der Waals surface area contributed by atoms with Gasteiger partial charge in [0.1, 0.15) is 17.3 Å². The van der Waals surface area contributed by atoms with Crippen molar-refractivity contribution in [3.05, 3.63) is 18.2 Å². The second kappa shape index (κ2) is 5.13. The number of benzene rings is 1. The number of anilines is 1. The summed E-state index contributed by atoms with van der Waals surface area (Å²) in [6.45, 7) is 1.20. The largest absolute Gasteiger partial charge is 0.491 e. The lowest BCUT2D eigenvalue weighted by Crippen LogP contribution is -2.17. The topological polar surface area (TPSA) is 105 Å². The van der Waals surface area contributed by atoms with Crippen LogP contribution >= 0.6 is 0 Å². The molecular weight excluding hydrogens is 256 g/mol. The van der Waals surface area contributed by atoms with Crippen LogP contribution in [-0.4, -0.2) is 27.7 Å². The molecule has 1 heterocycles. The van der Waals surface area contributed by atoms with Crippen LogP contribution in [0.25, 0.3) is 0 Å². The van der Waals surface area contributed by atoms with Gasteiger partial charge in [0.15, 0.2) is 0 Å². The predicted octanol–water partition coefficient (Wildman–Crippen LogP) is 0.474. The highest BCUT2D eigenvalue weighted by atomic mass is 32.2. The molecular formula is C11H16N2O4S. The molecule has 2 rings (SSSR count). The zero-order chi connectivity index (χ0) is 13.2. The van der Waals surface area contributed by atoms with Crippen LogP contribution in [0.5, 0.6) is 5.75 Å². The molecule has 0 saturated carbocycles. The lowest BCUT2D eigenvalue weighted by molar-refractivity contribution is 0.0679. The molecule has 1 saturated heterocycles. The van der Waals surface area contributed by atoms with E-state index in [1.165, 1.54) is 18.2 Å². The summed E-state index contributed by atoms with van der Waals surface area (Å²) in [6, 6.07) is 4.33. The van der Waals surface area contributed by atoms with Crippen molar-refractivity contribution in [2.45, 2.75) is 23.8 Å². The van der Waals surface area contributed by atoms with Crippen LogP contribution in [0.3, 0.4) is 0 Å². The van der Waals surface area contributed by atoms with Gasteiger partial charge in [-0.15, -0.1) is 0 Å². The fourth-order valence-electron chi connectivity index (χ4n) is 1.84. The monoisotopic (exact) mass is 272 g/mol. The Hall–Kier alpha value is -1.31. The molecule has 1 fully saturated rings. The Kier molecular flexibility index (Phi) is 3.74. The van der Waals surface area contributed by atoms with Gasteiger partial charge in [-0.25, -0.2) is 13.6 Å². The molecule has 0 spiro atoms. The highest BCUT2D eigenvalue weighted by molar-refractivity contribution is 7.89. The first kappa shape index (κ1) is 13.1. The zero-order valence-electron chi connectivity index (χ0n) is 9.83. The average Bonchev–Trinajstić information content (AvgIpc) is 2.77. The van der Waals surface area contributed by atoms with Crippen LogP contribution in [0.2, 0.25) is 0 Å². The van der Waals surface area contributed by atoms with E-state index >= 15 is 0 Å². The molecule has 1 atom stereocenters. The van der Waals surface area contributed by atoms with Crippen molar-refractivity contribution in [2.24, 2.45) is 5.14 Å². The maximum Gasteiger partial charge on any atom is 0.240 e. The van der Waals surface area contributed by atoms with Crippen molar-refractivity contribution >= 4 is 15.7 Å². The number of hydrogen-bond donors (Lipinski definition) is 2. The second-order valence-electron chi connectivity index (χ2n) is 4.19. The first-order chi connectivity index (χ1) is 8.47. The van der Waals surface area contributed by atoms with Gasteiger partial charge in [-0.2, -0.15) is 0 Å². The number of rotatable bonds is 4. The number of nitrogen functional groups attached to an aromatic ring is 1. The van der Waals surface area contributed by atoms with Crippen LogP contribution in [0.4, 0.5) is 5.69 Å². The van der Waals surface area contributed by atoms with E-state index in [9.17, 15) is 8.42 Å². The normalized spacial score (nSPS) is 19.9. The Morgan fingerprint density at radius 2 is 2.22 bits per heavy atom. The van der Waals surface area contributed by atoms with Gasteiger partial charge in [-0.1, -0.05) is 0 Å². The van der Waals surface area contributed by atoms with Crippen molar-refractivity contribution in [3.63, 3.8) is 0 Å². The van der Waals surface area contributed by atoms with Gasteiger partial charge in [0.25, 0.3) is 0 Å². The van der Waals surface area contributed by atoms with E-state index in [-0.39, 0.29) is 16.7 Å². The van der Waals surface area contributed by atoms with E-state index in [0.717, 1.165) is 19.4 Å². The minimum atomic E-state index is -3.79. The standard InChI is InChI=1S/C11H16N2O4S/c12-10-6-8(3-4-11(10)18(13,14)15)17-7-9-2-1-5-16-9/h3-4,6,9H,1-2,5,7,12H2,(H2,13,14,15). The quantitative estimate of drug-likeness (QED) is 0.775. The molecule has 4 N–H and O–H groups in total. The van der Waals surface area contributed by atoms with E-state index in [0.29, 0.717) is 12.4 Å². The third-order valence-corrected chi connectivity index (χ3v) is 3.73. The van der Waals surface area contributed by atoms with Crippen LogP contribution < -0.4 is 15.6 Å². The first-order valence-corrected chi connectivity index (χ1v) is 7.18. The SMILES string of the molecule is Nc1cc(OCC2CCCO2)ccc1S(N)(=O)=O. The predicted molar refractivity (Wildman–Crippen MR) is 66.7 cm³/mol. The molecule has 0 amide bonds. The summed E-state index contributed by atoms with van der Waals surface area (Å²) in [4.78, 5) is -0.0908. The van der Waals surface area contributed by atoms with E-state index in [4.69, 9.17) is 20.3 Å². The average molecular weight is 272 g/mol. The lowest BCUT2D eigenvalue weighted by Gasteiger charge is -2.12. The van der Waals surface area contributed by atoms with Crippen LogP contribution in [0, 0.1) is 0 Å². The molecule has 0 aliphatic carbocycles. The summed E-state index contributed by atoms with van der Waals surface area (Å²) < 4.78 is 33.2. The zero-order valence-corrected chi connectivity index (χ0v) is 10.7. The lowest BCUT2D eigenvalue weighted by atomic mass is 10.2. The molecule has 6 nitrogen and oxygen atoms in total. The number of hydrogen-bond acceptors (Lipinski definition) is 5. The van der Waals surface area contributed by atoms with Crippen LogP contribution in [0.1, 0.15) is 12.8 Å². The van der Waals surface area contributed by atoms with Crippen molar-refractivity contribution in [3.8, 4) is 5.75 Å². The van der Waals surface area contributed by atoms with Gasteiger partial charge in [-0.05, 0) is 25.0 Å². The third kappa shape index (κ3) is 3.12. The van der Waals surface area contributed by atoms with E-state index in [1.807, 2.05) is 0 Å². The van der Waals surface area contributed by atoms with Gasteiger partial charge >= 0.3 is 0 Å². The Morgan fingerprint density at radius 3 is 2.78 bits per heavy atom. The molecule has 7 heteroatoms. The minimum absolute atomic E-state index is 0.0855. The summed E-state index contributed by atoms with van der Waals surface area (Å²) in [5.74, 6) is 0.510. The van der Waals surface area contributed by atoms with Crippen LogP contribution in [-0.2, 0) is 14.8 Å². The van der Waals surface area contributed by atoms with Crippen molar-refractivity contribution < 1.29 is 17.9 Å². The molecule has 1 aliphatic heterocycles. The molecule has 0 aromatic heterocycles. The number of primary sulfonamides is 1. The van der Waals surface area contributed by atoms with E-state index in [1.54, 1.807) is 0 Å². The molecule has 1 aromatic carbocycles. The summed E-state index contributed by atoms with van der Waals surface area (Å²) in [7, 11) is -3.79. The fraction of sp³-hybridized carbons (Fsp3) is 0.455. The van der Waals surface area contributed by atoms with Gasteiger partial charge < -0.3 is 15.2 Å². The molecule has 1 aromatic rings. The molecule has 1 unspecified atom stereocenters. The molecule has 1 aliphatic rings. The number of sulfonamides is 1. The maximum atomic E-state index is 11.2. The van der Waals surface area contributed by atoms with Gasteiger partial charge in [0, 0.05) is 12.7 Å². The fourth-order valence-corrected chi connectivity index (χ4v) is 2.49. The Labute approximate surface area is 106 Å². The maximum absolute atomic E-state index is 11.2. The van der Waals surface area contributed by atoms with Crippen LogP contribution in [0.15, 0.2) is 23.1 Å². The summed E-state index contributed by atoms with van der Waals surface area (Å²) in [6.07, 6.45) is 2.12. The van der Waals surface area contributed by atoms with Gasteiger partial charge in [0.2, 0.25) is 10.0 Å². The highest BCUT2D eigenvalue weighted by Gasteiger charge is 2.17. The number of nitrogens with two attached hydrogens (primary N) is 2. The third-order valence-electron chi connectivity index (χ3n) is 2.75. The summed E-state index contributed by atoms with van der Waals surface area (Å²) >= 11 is 0. The van der Waals surface area contributed by atoms with Crippen molar-refractivity contribution in [1.82, 2.24) is 0 Å². The van der Waals surface area contributed by atoms with Gasteiger partial charge in [-0.3, -0.25) is 0 Å². The highest BCUT2D eigenvalue weighted by Crippen LogP contribution is 2.23. The Bertz CT molecular complexity index is 524. The smallest absolute Gasteiger partial charge is 0.240 e. The van der Waals surface area contributed by atoms with Crippen molar-refractivity contribution in [1.29, 1.82) is 0 Å². The molecule has 0 radical (unpaired) electrons. The molecule has 0 bridgehead atoms. The minimum Gasteiger partial charge on any atom is -0.491 e. The molecule has 100 valence electrons. The van der Waals surface area contributed by atoms with E-state index in [2.05, 4.69) is 0 Å². The second-order valence-corrected chi connectivity index (χ2v) is 5.72. The number of ether oxygens (including phenoxy) is 2. The Balaban J connectivity index is 2.04. The first-order valence-electron chi connectivity index (χ1n) is 5.63. The summed E-state index contributed by atoms with van der Waals surface area (Å²) in [5.41, 5.74) is 5.71. The molecule has 18 heavy (non-hydrogen) atoms. The summed E-state index contributed by atoms with van der Waals surface area (Å²) in [5, 5.41) is 5.01.